The zero-order valence-corrected chi connectivity index (χ0v) is 24.1. The van der Waals surface area contributed by atoms with Gasteiger partial charge in [-0.25, -0.2) is 0 Å². The molecule has 0 atom stereocenters. The van der Waals surface area contributed by atoms with Gasteiger partial charge in [0.05, 0.1) is 0 Å². The molecule has 0 aromatic rings. The number of hydrogen-bond acceptors (Lipinski definition) is 7. The van der Waals surface area contributed by atoms with Crippen LogP contribution in [0.5, 0.6) is 0 Å². The fraction of sp³-hybridized carbons (Fsp3) is 1.00. The highest BCUT2D eigenvalue weighted by Gasteiger charge is 2.34. The molecule has 0 aromatic carbocycles. The van der Waals surface area contributed by atoms with Crippen molar-refractivity contribution in [3.05, 3.63) is 0 Å². The first-order valence-electron chi connectivity index (χ1n) is 12.0. The Hall–Kier alpha value is 2.45. The van der Waals surface area contributed by atoms with Gasteiger partial charge in [0.15, 0.2) is 0 Å². The second-order valence-corrected chi connectivity index (χ2v) is 18.2. The van der Waals surface area contributed by atoms with Crippen molar-refractivity contribution in [2.24, 2.45) is 5.41 Å². The monoisotopic (exact) mass is 540 g/mol. The Bertz CT molecular complexity index is 417. The molecule has 4 saturated carbocycles. The van der Waals surface area contributed by atoms with Crippen molar-refractivity contribution in [1.82, 2.24) is 0 Å². The molecule has 0 saturated heterocycles. The zero-order chi connectivity index (χ0) is 20.5. The summed E-state index contributed by atoms with van der Waals surface area (Å²) in [4.78, 5) is 0. The summed E-state index contributed by atoms with van der Waals surface area (Å²) in [6.45, 7) is 0. The Labute approximate surface area is 216 Å². The van der Waals surface area contributed by atoms with Crippen LogP contribution in [0, 0.1) is 5.41 Å². The van der Waals surface area contributed by atoms with E-state index in [1.165, 1.54) is 109 Å². The third-order valence-corrected chi connectivity index (χ3v) is 16.3. The van der Waals surface area contributed by atoms with Gasteiger partial charge in [-0.2, -0.15) is 82.3 Å². The highest BCUT2D eigenvalue weighted by molar-refractivity contribution is 8.05. The quantitative estimate of drug-likeness (QED) is 0.135. The van der Waals surface area contributed by atoms with Gasteiger partial charge in [-0.3, -0.25) is 0 Å². The molecule has 4 aliphatic rings. The molecule has 0 N–H and O–H groups in total. The van der Waals surface area contributed by atoms with Gasteiger partial charge < -0.3 is 0 Å². The number of hydrogen-bond donors (Lipinski definition) is 0. The molecule has 0 heterocycles. The van der Waals surface area contributed by atoms with Crippen LogP contribution in [0.25, 0.3) is 0 Å². The molecule has 0 radical (unpaired) electrons. The fourth-order valence-electron chi connectivity index (χ4n) is 3.17. The van der Waals surface area contributed by atoms with Crippen LogP contribution in [0.1, 0.15) is 51.4 Å². The van der Waals surface area contributed by atoms with Gasteiger partial charge in [0.2, 0.25) is 0 Å². The summed E-state index contributed by atoms with van der Waals surface area (Å²) in [5.74, 6) is 13.9. The molecular weight excluding hydrogens is 501 g/mol. The molecule has 0 unspecified atom stereocenters. The zero-order valence-electron chi connectivity index (χ0n) is 18.4. The second-order valence-electron chi connectivity index (χ2n) is 9.38. The van der Waals surface area contributed by atoms with Crippen molar-refractivity contribution < 1.29 is 0 Å². The van der Waals surface area contributed by atoms with Gasteiger partial charge in [0, 0.05) is 83.9 Å². The summed E-state index contributed by atoms with van der Waals surface area (Å²) in [7, 11) is 0. The van der Waals surface area contributed by atoms with Gasteiger partial charge in [-0.15, -0.1) is 0 Å². The average Bonchev–Trinajstić information content (AvgIpc) is 3.54. The summed E-state index contributed by atoms with van der Waals surface area (Å²) >= 11 is 15.9. The van der Waals surface area contributed by atoms with E-state index in [1.54, 1.807) is 0 Å². The second kappa shape index (κ2) is 14.1. The molecule has 0 amide bonds. The first-order valence-corrected chi connectivity index (χ1v) is 19.7. The van der Waals surface area contributed by atoms with Gasteiger partial charge in [0.1, 0.15) is 0 Å². The van der Waals surface area contributed by atoms with Crippen LogP contribution in [-0.2, 0) is 0 Å². The smallest absolute Gasteiger partial charge is 0.00651 e. The molecule has 7 heteroatoms. The van der Waals surface area contributed by atoms with E-state index in [1.807, 2.05) is 0 Å². The summed E-state index contributed by atoms with van der Waals surface area (Å²) < 4.78 is 0. The highest BCUT2D eigenvalue weighted by atomic mass is 32.2. The van der Waals surface area contributed by atoms with E-state index in [2.05, 4.69) is 82.3 Å². The summed E-state index contributed by atoms with van der Waals surface area (Å²) in [5, 5.41) is 4.09. The lowest BCUT2D eigenvalue weighted by Crippen LogP contribution is -2.34. The van der Waals surface area contributed by atoms with Crippen LogP contribution in [0.3, 0.4) is 0 Å². The van der Waals surface area contributed by atoms with E-state index in [9.17, 15) is 0 Å². The molecule has 0 aromatic heterocycles. The van der Waals surface area contributed by atoms with E-state index >= 15 is 0 Å². The van der Waals surface area contributed by atoms with Crippen LogP contribution >= 0.6 is 82.3 Å². The minimum Gasteiger partial charge on any atom is -0.160 e. The van der Waals surface area contributed by atoms with Crippen molar-refractivity contribution in [1.29, 1.82) is 0 Å². The maximum atomic E-state index is 2.33. The van der Waals surface area contributed by atoms with Gasteiger partial charge >= 0.3 is 0 Å². The molecule has 0 spiro atoms. The fourth-order valence-corrected chi connectivity index (χ4v) is 12.9. The Balaban J connectivity index is 1.19. The van der Waals surface area contributed by atoms with Gasteiger partial charge in [0.25, 0.3) is 0 Å². The summed E-state index contributed by atoms with van der Waals surface area (Å²) in [6, 6.07) is 0. The topological polar surface area (TPSA) is 0 Å². The SMILES string of the molecule is C(CSC1CC1)SCC(CSCCSC1CC1)(CSCCSC1CC1)CSC1CC1. The predicted molar refractivity (Wildman–Crippen MR) is 156 cm³/mol. The highest BCUT2D eigenvalue weighted by Crippen LogP contribution is 2.43. The van der Waals surface area contributed by atoms with Gasteiger partial charge in [-0.05, 0) is 51.4 Å². The van der Waals surface area contributed by atoms with Crippen molar-refractivity contribution in [3.8, 4) is 0 Å². The molecule has 174 valence electrons. The summed E-state index contributed by atoms with van der Waals surface area (Å²) in [6.07, 6.45) is 11.9. The van der Waals surface area contributed by atoms with Gasteiger partial charge in [-0.1, -0.05) is 0 Å². The lowest BCUT2D eigenvalue weighted by atomic mass is 9.99. The van der Waals surface area contributed by atoms with E-state index in [4.69, 9.17) is 0 Å². The average molecular weight is 541 g/mol. The van der Waals surface area contributed by atoms with Crippen LogP contribution in [0.15, 0.2) is 0 Å². The minimum atomic E-state index is 0.562. The largest absolute Gasteiger partial charge is 0.160 e. The van der Waals surface area contributed by atoms with Crippen LogP contribution in [-0.4, -0.2) is 78.5 Å². The van der Waals surface area contributed by atoms with E-state index < -0.39 is 0 Å². The normalized spacial score (nSPS) is 22.0. The Morgan fingerprint density at radius 1 is 0.400 bits per heavy atom. The maximum Gasteiger partial charge on any atom is 0.00651 e. The molecular formula is C23H40S7. The molecule has 4 fully saturated rings. The van der Waals surface area contributed by atoms with Crippen LogP contribution in [0.4, 0.5) is 0 Å². The number of rotatable bonds is 21. The van der Waals surface area contributed by atoms with E-state index in [-0.39, 0.29) is 0 Å². The predicted octanol–water partition coefficient (Wildman–Crippen LogP) is 7.75. The number of thioether (sulfide) groups is 7. The third-order valence-electron chi connectivity index (χ3n) is 5.69. The Morgan fingerprint density at radius 2 is 0.733 bits per heavy atom. The first kappa shape index (κ1) is 25.5. The Morgan fingerprint density at radius 3 is 1.07 bits per heavy atom. The lowest BCUT2D eigenvalue weighted by Gasteiger charge is -2.33. The maximum absolute atomic E-state index is 2.33. The molecule has 30 heavy (non-hydrogen) atoms. The standard InChI is InChI=1S/C23H40S7/c1-2-19(1)27-12-9-24-15-23(18-30-22-7-8-22,16-25-10-13-28-20-3-4-20)17-26-11-14-29-21-5-6-21/h19-22H,1-18H2. The Kier molecular flexibility index (Phi) is 12.0. The third kappa shape index (κ3) is 11.7. The molecule has 0 aliphatic heterocycles. The van der Waals surface area contributed by atoms with E-state index in [0.29, 0.717) is 5.41 Å². The van der Waals surface area contributed by atoms with Crippen LogP contribution in [0.2, 0.25) is 0 Å². The van der Waals surface area contributed by atoms with Crippen molar-refractivity contribution in [2.45, 2.75) is 72.4 Å². The van der Waals surface area contributed by atoms with Crippen molar-refractivity contribution >= 4 is 82.3 Å². The lowest BCUT2D eigenvalue weighted by molar-refractivity contribution is 0.516. The first-order chi connectivity index (χ1) is 14.8. The molecule has 4 aliphatic carbocycles. The molecule has 0 nitrogen and oxygen atoms in total. The van der Waals surface area contributed by atoms with Crippen LogP contribution < -0.4 is 0 Å². The minimum absolute atomic E-state index is 0.562. The van der Waals surface area contributed by atoms with E-state index in [0.717, 1.165) is 21.0 Å². The van der Waals surface area contributed by atoms with Crippen molar-refractivity contribution in [2.75, 3.05) is 57.5 Å². The molecule has 0 bridgehead atoms. The summed E-state index contributed by atoms with van der Waals surface area (Å²) in [5.41, 5.74) is 0.562. The van der Waals surface area contributed by atoms with Crippen molar-refractivity contribution in [3.63, 3.8) is 0 Å². The molecule has 4 rings (SSSR count).